The average Bonchev–Trinajstić information content (AvgIpc) is 2.71. The molecule has 0 fully saturated rings. The molecule has 0 saturated heterocycles. The SMILES string of the molecule is CCNC(=O)[C@@H](C)Sc1nc2ccccc2c(=O)n1CCCc1ccccc1. The summed E-state index contributed by atoms with van der Waals surface area (Å²) in [5.74, 6) is -0.0502. The monoisotopic (exact) mass is 395 g/mol. The van der Waals surface area contributed by atoms with E-state index in [-0.39, 0.29) is 16.7 Å². The van der Waals surface area contributed by atoms with Crippen LogP contribution in [0.25, 0.3) is 10.9 Å². The lowest BCUT2D eigenvalue weighted by Gasteiger charge is -2.16. The molecule has 2 aromatic carbocycles. The van der Waals surface area contributed by atoms with Crippen LogP contribution in [0.2, 0.25) is 0 Å². The smallest absolute Gasteiger partial charge is 0.262 e. The number of fused-ring (bicyclic) bond motifs is 1. The average molecular weight is 396 g/mol. The Morgan fingerprint density at radius 3 is 2.61 bits per heavy atom. The van der Waals surface area contributed by atoms with Crippen LogP contribution in [0.5, 0.6) is 0 Å². The molecular weight excluding hydrogens is 370 g/mol. The molecule has 0 aliphatic heterocycles. The van der Waals surface area contributed by atoms with E-state index in [2.05, 4.69) is 17.4 Å². The highest BCUT2D eigenvalue weighted by molar-refractivity contribution is 8.00. The Kier molecular flexibility index (Phi) is 6.87. The van der Waals surface area contributed by atoms with Crippen LogP contribution in [0.3, 0.4) is 0 Å². The summed E-state index contributed by atoms with van der Waals surface area (Å²) in [7, 11) is 0. The van der Waals surface area contributed by atoms with Crippen LogP contribution in [0.1, 0.15) is 25.8 Å². The predicted octanol–water partition coefficient (Wildman–Crippen LogP) is 3.65. The lowest BCUT2D eigenvalue weighted by Crippen LogP contribution is -2.32. The first-order chi connectivity index (χ1) is 13.6. The summed E-state index contributed by atoms with van der Waals surface area (Å²) in [6, 6.07) is 17.6. The number of carbonyl (C=O) groups is 1. The number of hydrogen-bond donors (Lipinski definition) is 1. The van der Waals surface area contributed by atoms with Crippen LogP contribution in [-0.2, 0) is 17.8 Å². The fourth-order valence-corrected chi connectivity index (χ4v) is 4.01. The number of nitrogens with one attached hydrogen (secondary N) is 1. The maximum atomic E-state index is 13.1. The van der Waals surface area contributed by atoms with Crippen LogP contribution in [0.15, 0.2) is 64.5 Å². The molecule has 1 amide bonds. The van der Waals surface area contributed by atoms with Crippen molar-refractivity contribution in [2.45, 2.75) is 43.6 Å². The van der Waals surface area contributed by atoms with Crippen LogP contribution >= 0.6 is 11.8 Å². The van der Waals surface area contributed by atoms with Gasteiger partial charge in [-0.15, -0.1) is 0 Å². The van der Waals surface area contributed by atoms with Gasteiger partial charge in [-0.25, -0.2) is 4.98 Å². The van der Waals surface area contributed by atoms with E-state index >= 15 is 0 Å². The number of benzene rings is 2. The summed E-state index contributed by atoms with van der Waals surface area (Å²) in [4.78, 5) is 29.9. The first kappa shape index (κ1) is 20.1. The van der Waals surface area contributed by atoms with E-state index in [4.69, 9.17) is 4.98 Å². The maximum absolute atomic E-state index is 13.1. The molecule has 1 aromatic heterocycles. The van der Waals surface area contributed by atoms with Gasteiger partial charge in [0.05, 0.1) is 16.2 Å². The Balaban J connectivity index is 1.88. The fraction of sp³-hybridized carbons (Fsp3) is 0.318. The fourth-order valence-electron chi connectivity index (χ4n) is 3.05. The van der Waals surface area contributed by atoms with Crippen molar-refractivity contribution in [3.05, 3.63) is 70.5 Å². The van der Waals surface area contributed by atoms with Gasteiger partial charge in [0.1, 0.15) is 0 Å². The van der Waals surface area contributed by atoms with Gasteiger partial charge in [-0.3, -0.25) is 14.2 Å². The largest absolute Gasteiger partial charge is 0.355 e. The van der Waals surface area contributed by atoms with Crippen molar-refractivity contribution in [3.8, 4) is 0 Å². The lowest BCUT2D eigenvalue weighted by molar-refractivity contribution is -0.120. The lowest BCUT2D eigenvalue weighted by atomic mass is 10.1. The summed E-state index contributed by atoms with van der Waals surface area (Å²) >= 11 is 1.33. The summed E-state index contributed by atoms with van der Waals surface area (Å²) in [5, 5.41) is 3.70. The molecule has 28 heavy (non-hydrogen) atoms. The second-order valence-corrected chi connectivity index (χ2v) is 7.92. The van der Waals surface area contributed by atoms with Gasteiger partial charge < -0.3 is 5.32 Å². The zero-order valence-electron chi connectivity index (χ0n) is 16.2. The molecule has 0 radical (unpaired) electrons. The molecule has 146 valence electrons. The van der Waals surface area contributed by atoms with Gasteiger partial charge in [-0.1, -0.05) is 54.2 Å². The van der Waals surface area contributed by atoms with Gasteiger partial charge in [0.25, 0.3) is 5.56 Å². The first-order valence-corrected chi connectivity index (χ1v) is 10.5. The molecule has 0 bridgehead atoms. The minimum Gasteiger partial charge on any atom is -0.355 e. The molecule has 3 rings (SSSR count). The molecule has 1 heterocycles. The van der Waals surface area contributed by atoms with Crippen molar-refractivity contribution >= 4 is 28.6 Å². The minimum atomic E-state index is -0.326. The van der Waals surface area contributed by atoms with Crippen LogP contribution in [0, 0.1) is 0 Å². The van der Waals surface area contributed by atoms with Crippen LogP contribution < -0.4 is 10.9 Å². The molecule has 5 nitrogen and oxygen atoms in total. The minimum absolute atomic E-state index is 0.0502. The van der Waals surface area contributed by atoms with Crippen molar-refractivity contribution in [1.82, 2.24) is 14.9 Å². The number of thioether (sulfide) groups is 1. The second kappa shape index (κ2) is 9.55. The van der Waals surface area contributed by atoms with Gasteiger partial charge in [0.2, 0.25) is 5.91 Å². The third-order valence-corrected chi connectivity index (χ3v) is 5.61. The highest BCUT2D eigenvalue weighted by atomic mass is 32.2. The number of rotatable bonds is 8. The van der Waals surface area contributed by atoms with E-state index in [0.717, 1.165) is 12.8 Å². The highest BCUT2D eigenvalue weighted by Gasteiger charge is 2.18. The normalized spacial score (nSPS) is 12.1. The number of carbonyl (C=O) groups excluding carboxylic acids is 1. The Bertz CT molecular complexity index is 1000. The molecule has 0 saturated carbocycles. The van der Waals surface area contributed by atoms with E-state index in [0.29, 0.717) is 29.1 Å². The molecule has 1 atom stereocenters. The second-order valence-electron chi connectivity index (χ2n) is 6.61. The molecule has 3 aromatic rings. The summed E-state index contributed by atoms with van der Waals surface area (Å²) in [6.45, 7) is 4.88. The molecule has 0 aliphatic rings. The Hall–Kier alpha value is -2.60. The number of amides is 1. The van der Waals surface area contributed by atoms with E-state index < -0.39 is 0 Å². The standard InChI is InChI=1S/C22H25N3O2S/c1-3-23-20(26)16(2)28-22-24-19-14-8-7-13-18(19)21(27)25(22)15-9-12-17-10-5-4-6-11-17/h4-8,10-11,13-14,16H,3,9,12,15H2,1-2H3,(H,23,26)/t16-/m1/s1. The Morgan fingerprint density at radius 2 is 1.86 bits per heavy atom. The molecule has 6 heteroatoms. The maximum Gasteiger partial charge on any atom is 0.262 e. The third-order valence-electron chi connectivity index (χ3n) is 4.52. The van der Waals surface area contributed by atoms with Gasteiger partial charge in [-0.2, -0.15) is 0 Å². The van der Waals surface area contributed by atoms with Crippen molar-refractivity contribution in [2.75, 3.05) is 6.54 Å². The number of hydrogen-bond acceptors (Lipinski definition) is 4. The highest BCUT2D eigenvalue weighted by Crippen LogP contribution is 2.23. The number of para-hydroxylation sites is 1. The van der Waals surface area contributed by atoms with E-state index in [1.807, 2.05) is 50.2 Å². The van der Waals surface area contributed by atoms with Gasteiger partial charge >= 0.3 is 0 Å². The Morgan fingerprint density at radius 1 is 1.14 bits per heavy atom. The molecule has 0 aliphatic carbocycles. The van der Waals surface area contributed by atoms with E-state index in [9.17, 15) is 9.59 Å². The summed E-state index contributed by atoms with van der Waals surface area (Å²) < 4.78 is 1.71. The zero-order chi connectivity index (χ0) is 19.9. The third kappa shape index (κ3) is 4.81. The molecule has 0 unspecified atom stereocenters. The zero-order valence-corrected chi connectivity index (χ0v) is 17.0. The Labute approximate surface area is 169 Å². The first-order valence-electron chi connectivity index (χ1n) is 9.58. The summed E-state index contributed by atoms with van der Waals surface area (Å²) in [5.41, 5.74) is 1.86. The van der Waals surface area contributed by atoms with E-state index in [1.165, 1.54) is 17.3 Å². The predicted molar refractivity (Wildman–Crippen MR) is 115 cm³/mol. The molecule has 0 spiro atoms. The van der Waals surface area contributed by atoms with Crippen molar-refractivity contribution < 1.29 is 4.79 Å². The number of aromatic nitrogens is 2. The molecule has 1 N–H and O–H groups in total. The van der Waals surface area contributed by atoms with Gasteiger partial charge in [0, 0.05) is 13.1 Å². The summed E-state index contributed by atoms with van der Waals surface area (Å²) in [6.07, 6.45) is 1.71. The quantitative estimate of drug-likeness (QED) is 0.467. The number of aryl methyl sites for hydroxylation is 1. The van der Waals surface area contributed by atoms with Crippen molar-refractivity contribution in [1.29, 1.82) is 0 Å². The van der Waals surface area contributed by atoms with Gasteiger partial charge in [-0.05, 0) is 44.4 Å². The topological polar surface area (TPSA) is 64.0 Å². The van der Waals surface area contributed by atoms with Crippen LogP contribution in [0.4, 0.5) is 0 Å². The molecular formula is C22H25N3O2S. The van der Waals surface area contributed by atoms with Crippen molar-refractivity contribution in [2.24, 2.45) is 0 Å². The number of nitrogens with zero attached hydrogens (tertiary/aromatic N) is 2. The van der Waals surface area contributed by atoms with Gasteiger partial charge in [0.15, 0.2) is 5.16 Å². The van der Waals surface area contributed by atoms with Crippen LogP contribution in [-0.4, -0.2) is 27.3 Å². The van der Waals surface area contributed by atoms with E-state index in [1.54, 1.807) is 10.6 Å². The van der Waals surface area contributed by atoms with Crippen molar-refractivity contribution in [3.63, 3.8) is 0 Å².